The number of aryl methyl sites for hydroxylation is 1. The highest BCUT2D eigenvalue weighted by Gasteiger charge is 2.31. The number of anilines is 1. The first-order valence-electron chi connectivity index (χ1n) is 4.33. The van der Waals surface area contributed by atoms with Gasteiger partial charge in [-0.15, -0.1) is 11.3 Å². The summed E-state index contributed by atoms with van der Waals surface area (Å²) in [5.74, 6) is -0.169. The van der Waals surface area contributed by atoms with Crippen LogP contribution in [-0.2, 0) is 4.79 Å². The summed E-state index contributed by atoms with van der Waals surface area (Å²) >= 11 is 1.45. The highest BCUT2D eigenvalue weighted by Crippen LogP contribution is 2.27. The van der Waals surface area contributed by atoms with Crippen LogP contribution < -0.4 is 4.90 Å². The van der Waals surface area contributed by atoms with Gasteiger partial charge in [0.1, 0.15) is 0 Å². The zero-order valence-corrected chi connectivity index (χ0v) is 8.54. The minimum absolute atomic E-state index is 0.00546. The normalized spacial score (nSPS) is 21.3. The first-order chi connectivity index (χ1) is 6.70. The van der Waals surface area contributed by atoms with Crippen LogP contribution in [0.4, 0.5) is 5.13 Å². The topological polar surface area (TPSA) is 57.0 Å². The molecule has 4 nitrogen and oxygen atoms in total. The Hall–Kier alpha value is -1.41. The quantitative estimate of drug-likeness (QED) is 0.698. The summed E-state index contributed by atoms with van der Waals surface area (Å²) in [4.78, 5) is 17.3. The lowest BCUT2D eigenvalue weighted by atomic mass is 10.1. The molecule has 0 saturated carbocycles. The molecule has 0 radical (unpaired) electrons. The first kappa shape index (κ1) is 9.16. The molecular weight excluding hydrogens is 198 g/mol. The Morgan fingerprint density at radius 1 is 1.79 bits per heavy atom. The lowest BCUT2D eigenvalue weighted by molar-refractivity contribution is -0.117. The second kappa shape index (κ2) is 3.39. The Bertz CT molecular complexity index is 406. The molecule has 2 heterocycles. The van der Waals surface area contributed by atoms with Crippen molar-refractivity contribution in [2.45, 2.75) is 13.3 Å². The number of amides is 1. The van der Waals surface area contributed by atoms with Crippen LogP contribution in [0.25, 0.3) is 0 Å². The summed E-state index contributed by atoms with van der Waals surface area (Å²) in [6, 6.07) is 2.12. The molecule has 1 unspecified atom stereocenters. The van der Waals surface area contributed by atoms with Gasteiger partial charge in [0, 0.05) is 18.3 Å². The fourth-order valence-electron chi connectivity index (χ4n) is 1.44. The van der Waals surface area contributed by atoms with Crippen LogP contribution in [0.5, 0.6) is 0 Å². The summed E-state index contributed by atoms with van der Waals surface area (Å²) in [6.45, 7) is 2.38. The van der Waals surface area contributed by atoms with Crippen molar-refractivity contribution < 1.29 is 4.79 Å². The van der Waals surface area contributed by atoms with Crippen molar-refractivity contribution in [3.05, 3.63) is 11.1 Å². The molecule has 1 aromatic rings. The highest BCUT2D eigenvalue weighted by molar-refractivity contribution is 7.14. The molecule has 0 aliphatic carbocycles. The minimum Gasteiger partial charge on any atom is -0.287 e. The Balaban J connectivity index is 2.21. The van der Waals surface area contributed by atoms with E-state index in [2.05, 4.69) is 11.1 Å². The highest BCUT2D eigenvalue weighted by atomic mass is 32.1. The average Bonchev–Trinajstić information content (AvgIpc) is 2.71. The predicted octanol–water partition coefficient (Wildman–Crippen LogP) is 1.33. The summed E-state index contributed by atoms with van der Waals surface area (Å²) in [6.07, 6.45) is 0.328. The number of carbonyl (C=O) groups excluding carboxylic acids is 1. The molecule has 2 rings (SSSR count). The molecule has 0 aromatic carbocycles. The molecule has 0 bridgehead atoms. The molecule has 1 aliphatic heterocycles. The van der Waals surface area contributed by atoms with Gasteiger partial charge >= 0.3 is 0 Å². The largest absolute Gasteiger partial charge is 0.287 e. The van der Waals surface area contributed by atoms with Crippen molar-refractivity contribution in [1.29, 1.82) is 5.26 Å². The van der Waals surface area contributed by atoms with Crippen molar-refractivity contribution in [3.8, 4) is 6.07 Å². The van der Waals surface area contributed by atoms with Gasteiger partial charge < -0.3 is 0 Å². The van der Waals surface area contributed by atoms with Crippen molar-refractivity contribution in [2.75, 3.05) is 11.4 Å². The van der Waals surface area contributed by atoms with Crippen LogP contribution in [0.2, 0.25) is 0 Å². The number of nitrogens with zero attached hydrogens (tertiary/aromatic N) is 3. The third-order valence-corrected chi connectivity index (χ3v) is 3.13. The second-order valence-electron chi connectivity index (χ2n) is 3.31. The molecule has 1 saturated heterocycles. The number of carbonyl (C=O) groups is 1. The van der Waals surface area contributed by atoms with Gasteiger partial charge in [-0.25, -0.2) is 4.98 Å². The van der Waals surface area contributed by atoms with Crippen molar-refractivity contribution in [3.63, 3.8) is 0 Å². The van der Waals surface area contributed by atoms with E-state index in [-0.39, 0.29) is 11.8 Å². The third kappa shape index (κ3) is 1.49. The molecule has 14 heavy (non-hydrogen) atoms. The molecule has 1 atom stereocenters. The SMILES string of the molecule is Cc1csc(N2CC(C#N)CC2=O)n1. The maximum Gasteiger partial charge on any atom is 0.230 e. The molecule has 5 heteroatoms. The van der Waals surface area contributed by atoms with Crippen LogP contribution in [0.3, 0.4) is 0 Å². The molecule has 0 spiro atoms. The van der Waals surface area contributed by atoms with E-state index in [1.807, 2.05) is 12.3 Å². The standard InChI is InChI=1S/C9H9N3OS/c1-6-5-14-9(11-6)12-4-7(3-10)2-8(12)13/h5,7H,2,4H2,1H3. The van der Waals surface area contributed by atoms with Crippen LogP contribution >= 0.6 is 11.3 Å². The van der Waals surface area contributed by atoms with E-state index in [1.54, 1.807) is 4.90 Å². The lowest BCUT2D eigenvalue weighted by Crippen LogP contribution is -2.24. The van der Waals surface area contributed by atoms with E-state index in [9.17, 15) is 4.79 Å². The summed E-state index contributed by atoms with van der Waals surface area (Å²) in [7, 11) is 0. The van der Waals surface area contributed by atoms with E-state index >= 15 is 0 Å². The summed E-state index contributed by atoms with van der Waals surface area (Å²) in [5, 5.41) is 11.3. The Kier molecular flexibility index (Phi) is 2.22. The van der Waals surface area contributed by atoms with E-state index in [0.29, 0.717) is 18.1 Å². The molecule has 72 valence electrons. The van der Waals surface area contributed by atoms with E-state index in [4.69, 9.17) is 5.26 Å². The molecule has 1 amide bonds. The monoisotopic (exact) mass is 207 g/mol. The first-order valence-corrected chi connectivity index (χ1v) is 5.21. The molecule has 1 fully saturated rings. The third-order valence-electron chi connectivity index (χ3n) is 2.15. The Morgan fingerprint density at radius 2 is 2.57 bits per heavy atom. The van der Waals surface area contributed by atoms with Gasteiger partial charge in [0.15, 0.2) is 5.13 Å². The number of hydrogen-bond acceptors (Lipinski definition) is 4. The zero-order valence-electron chi connectivity index (χ0n) is 7.73. The van der Waals surface area contributed by atoms with Gasteiger partial charge in [-0.2, -0.15) is 5.26 Å². The van der Waals surface area contributed by atoms with Crippen molar-refractivity contribution >= 4 is 22.4 Å². The van der Waals surface area contributed by atoms with Crippen molar-refractivity contribution in [1.82, 2.24) is 4.98 Å². The molecule has 1 aromatic heterocycles. The van der Waals surface area contributed by atoms with Crippen LogP contribution in [0.1, 0.15) is 12.1 Å². The number of aromatic nitrogens is 1. The fourth-order valence-corrected chi connectivity index (χ4v) is 2.27. The Morgan fingerprint density at radius 3 is 3.07 bits per heavy atom. The fraction of sp³-hybridized carbons (Fsp3) is 0.444. The number of hydrogen-bond donors (Lipinski definition) is 0. The number of nitriles is 1. The van der Waals surface area contributed by atoms with Gasteiger partial charge in [0.25, 0.3) is 0 Å². The van der Waals surface area contributed by atoms with Gasteiger partial charge in [0.05, 0.1) is 17.7 Å². The van der Waals surface area contributed by atoms with Crippen LogP contribution in [0.15, 0.2) is 5.38 Å². The van der Waals surface area contributed by atoms with E-state index in [0.717, 1.165) is 5.69 Å². The van der Waals surface area contributed by atoms with Gasteiger partial charge in [-0.05, 0) is 6.92 Å². The summed E-state index contributed by atoms with van der Waals surface area (Å²) < 4.78 is 0. The maximum absolute atomic E-state index is 11.5. The van der Waals surface area contributed by atoms with Crippen LogP contribution in [0, 0.1) is 24.2 Å². The Labute approximate surface area is 85.8 Å². The molecule has 1 aliphatic rings. The molecular formula is C9H9N3OS. The second-order valence-corrected chi connectivity index (χ2v) is 4.14. The van der Waals surface area contributed by atoms with Gasteiger partial charge in [0.2, 0.25) is 5.91 Å². The maximum atomic E-state index is 11.5. The zero-order chi connectivity index (χ0) is 10.1. The van der Waals surface area contributed by atoms with Gasteiger partial charge in [-0.3, -0.25) is 9.69 Å². The van der Waals surface area contributed by atoms with Crippen molar-refractivity contribution in [2.24, 2.45) is 5.92 Å². The number of rotatable bonds is 1. The minimum atomic E-state index is -0.174. The van der Waals surface area contributed by atoms with Crippen LogP contribution in [-0.4, -0.2) is 17.4 Å². The predicted molar refractivity (Wildman–Crippen MR) is 52.9 cm³/mol. The van der Waals surface area contributed by atoms with E-state index in [1.165, 1.54) is 11.3 Å². The smallest absolute Gasteiger partial charge is 0.230 e. The lowest BCUT2D eigenvalue weighted by Gasteiger charge is -2.10. The summed E-state index contributed by atoms with van der Waals surface area (Å²) in [5.41, 5.74) is 0.915. The van der Waals surface area contributed by atoms with Gasteiger partial charge in [-0.1, -0.05) is 0 Å². The average molecular weight is 207 g/mol. The molecule has 0 N–H and O–H groups in total. The number of thiazole rings is 1. The van der Waals surface area contributed by atoms with E-state index < -0.39 is 0 Å².